The highest BCUT2D eigenvalue weighted by molar-refractivity contribution is 5.46. The van der Waals surface area contributed by atoms with Crippen molar-refractivity contribution in [2.45, 2.75) is 19.3 Å². The Bertz CT molecular complexity index is 391. The first-order chi connectivity index (χ1) is 7.05. The van der Waals surface area contributed by atoms with Crippen LogP contribution in [0.15, 0.2) is 18.2 Å². The molecule has 0 saturated heterocycles. The molecular formula is C12H15NO2. The van der Waals surface area contributed by atoms with Gasteiger partial charge in [0, 0.05) is 0 Å². The van der Waals surface area contributed by atoms with Gasteiger partial charge in [0.05, 0.1) is 25.7 Å². The lowest BCUT2D eigenvalue weighted by molar-refractivity contribution is 0.354. The summed E-state index contributed by atoms with van der Waals surface area (Å²) in [5.41, 5.74) is 0.405. The average molecular weight is 205 g/mol. The van der Waals surface area contributed by atoms with Gasteiger partial charge in [0.15, 0.2) is 11.5 Å². The van der Waals surface area contributed by atoms with Crippen LogP contribution in [0.4, 0.5) is 0 Å². The minimum Gasteiger partial charge on any atom is -0.493 e. The van der Waals surface area contributed by atoms with Crippen molar-refractivity contribution in [3.63, 3.8) is 0 Å². The van der Waals surface area contributed by atoms with Crippen LogP contribution < -0.4 is 9.47 Å². The second-order valence-corrected chi connectivity index (χ2v) is 3.81. The molecule has 15 heavy (non-hydrogen) atoms. The second kappa shape index (κ2) is 4.22. The molecule has 0 unspecified atom stereocenters. The zero-order chi connectivity index (χ0) is 11.5. The van der Waals surface area contributed by atoms with E-state index in [2.05, 4.69) is 6.07 Å². The highest BCUT2D eigenvalue weighted by atomic mass is 16.5. The summed E-state index contributed by atoms with van der Waals surface area (Å²) in [5.74, 6) is 1.33. The molecule has 0 heterocycles. The maximum atomic E-state index is 9.02. The third-order valence-corrected chi connectivity index (χ3v) is 2.38. The van der Waals surface area contributed by atoms with Crippen LogP contribution in [-0.2, 0) is 5.41 Å². The predicted octanol–water partition coefficient (Wildman–Crippen LogP) is 2.50. The molecule has 0 bridgehead atoms. The summed E-state index contributed by atoms with van der Waals surface area (Å²) < 4.78 is 10.3. The third kappa shape index (κ3) is 2.21. The summed E-state index contributed by atoms with van der Waals surface area (Å²) in [6, 6.07) is 7.78. The Morgan fingerprint density at radius 3 is 2.20 bits per heavy atom. The Morgan fingerprint density at radius 2 is 1.73 bits per heavy atom. The molecule has 0 aliphatic carbocycles. The van der Waals surface area contributed by atoms with E-state index in [-0.39, 0.29) is 0 Å². The molecule has 0 N–H and O–H groups in total. The molecule has 1 aromatic rings. The number of nitrogens with zero attached hydrogens (tertiary/aromatic N) is 1. The number of hydrogen-bond acceptors (Lipinski definition) is 3. The monoisotopic (exact) mass is 205 g/mol. The predicted molar refractivity (Wildman–Crippen MR) is 58.2 cm³/mol. The summed E-state index contributed by atoms with van der Waals surface area (Å²) in [6.45, 7) is 3.74. The minimum atomic E-state index is -0.514. The highest BCUT2D eigenvalue weighted by Crippen LogP contribution is 2.32. The lowest BCUT2D eigenvalue weighted by atomic mass is 9.86. The molecule has 0 aliphatic rings. The molecule has 0 aliphatic heterocycles. The third-order valence-electron chi connectivity index (χ3n) is 2.38. The zero-order valence-corrected chi connectivity index (χ0v) is 9.50. The summed E-state index contributed by atoms with van der Waals surface area (Å²) in [7, 11) is 3.17. The quantitative estimate of drug-likeness (QED) is 0.761. The van der Waals surface area contributed by atoms with Gasteiger partial charge >= 0.3 is 0 Å². The van der Waals surface area contributed by atoms with Gasteiger partial charge in [0.1, 0.15) is 0 Å². The van der Waals surface area contributed by atoms with E-state index in [9.17, 15) is 0 Å². The maximum Gasteiger partial charge on any atom is 0.161 e. The lowest BCUT2D eigenvalue weighted by Gasteiger charge is -2.17. The molecule has 0 saturated carbocycles. The van der Waals surface area contributed by atoms with Gasteiger partial charge in [-0.25, -0.2) is 0 Å². The van der Waals surface area contributed by atoms with Crippen LogP contribution in [0.2, 0.25) is 0 Å². The van der Waals surface area contributed by atoms with Crippen LogP contribution >= 0.6 is 0 Å². The molecule has 0 aromatic heterocycles. The molecule has 0 atom stereocenters. The number of hydrogen-bond donors (Lipinski definition) is 0. The highest BCUT2D eigenvalue weighted by Gasteiger charge is 2.21. The Hall–Kier alpha value is -1.69. The first-order valence-corrected chi connectivity index (χ1v) is 4.69. The van der Waals surface area contributed by atoms with E-state index in [1.54, 1.807) is 14.2 Å². The molecular weight excluding hydrogens is 190 g/mol. The van der Waals surface area contributed by atoms with E-state index in [4.69, 9.17) is 14.7 Å². The fourth-order valence-electron chi connectivity index (χ4n) is 1.29. The first kappa shape index (κ1) is 11.4. The minimum absolute atomic E-state index is 0.514. The Kier molecular flexibility index (Phi) is 3.21. The molecule has 3 nitrogen and oxygen atoms in total. The van der Waals surface area contributed by atoms with Crippen molar-refractivity contribution in [1.82, 2.24) is 0 Å². The van der Waals surface area contributed by atoms with Gasteiger partial charge in [-0.05, 0) is 31.5 Å². The average Bonchev–Trinajstić information content (AvgIpc) is 2.28. The first-order valence-electron chi connectivity index (χ1n) is 4.69. The van der Waals surface area contributed by atoms with Crippen LogP contribution in [-0.4, -0.2) is 14.2 Å². The van der Waals surface area contributed by atoms with Crippen LogP contribution in [0.1, 0.15) is 19.4 Å². The van der Waals surface area contributed by atoms with Crippen molar-refractivity contribution >= 4 is 0 Å². The van der Waals surface area contributed by atoms with E-state index in [0.29, 0.717) is 11.5 Å². The molecule has 3 heteroatoms. The van der Waals surface area contributed by atoms with Gasteiger partial charge in [-0.2, -0.15) is 5.26 Å². The van der Waals surface area contributed by atoms with Crippen LogP contribution in [0.3, 0.4) is 0 Å². The summed E-state index contributed by atoms with van der Waals surface area (Å²) in [5, 5.41) is 9.02. The number of nitriles is 1. The van der Waals surface area contributed by atoms with Crippen LogP contribution in [0, 0.1) is 11.3 Å². The molecule has 0 spiro atoms. The normalized spacial score (nSPS) is 10.6. The van der Waals surface area contributed by atoms with Gasteiger partial charge in [-0.15, -0.1) is 0 Å². The fraction of sp³-hybridized carbons (Fsp3) is 0.417. The van der Waals surface area contributed by atoms with Gasteiger partial charge in [0.25, 0.3) is 0 Å². The number of benzene rings is 1. The van der Waals surface area contributed by atoms with Crippen molar-refractivity contribution in [3.05, 3.63) is 23.8 Å². The number of methoxy groups -OCH3 is 2. The zero-order valence-electron chi connectivity index (χ0n) is 9.50. The van der Waals surface area contributed by atoms with Crippen molar-refractivity contribution in [2.24, 2.45) is 0 Å². The molecule has 1 rings (SSSR count). The van der Waals surface area contributed by atoms with Crippen molar-refractivity contribution in [1.29, 1.82) is 5.26 Å². The van der Waals surface area contributed by atoms with Gasteiger partial charge in [-0.1, -0.05) is 6.07 Å². The maximum absolute atomic E-state index is 9.02. The topological polar surface area (TPSA) is 42.2 Å². The van der Waals surface area contributed by atoms with E-state index >= 15 is 0 Å². The fourth-order valence-corrected chi connectivity index (χ4v) is 1.29. The second-order valence-electron chi connectivity index (χ2n) is 3.81. The van der Waals surface area contributed by atoms with E-state index < -0.39 is 5.41 Å². The summed E-state index contributed by atoms with van der Waals surface area (Å²) in [4.78, 5) is 0. The lowest BCUT2D eigenvalue weighted by Crippen LogP contribution is -2.13. The molecule has 0 radical (unpaired) electrons. The van der Waals surface area contributed by atoms with Crippen molar-refractivity contribution in [2.75, 3.05) is 14.2 Å². The van der Waals surface area contributed by atoms with E-state index in [1.165, 1.54) is 0 Å². The largest absolute Gasteiger partial charge is 0.493 e. The number of ether oxygens (including phenoxy) is 2. The van der Waals surface area contributed by atoms with E-state index in [0.717, 1.165) is 5.56 Å². The number of rotatable bonds is 3. The molecule has 0 amide bonds. The molecule has 1 aromatic carbocycles. The molecule has 0 fully saturated rings. The van der Waals surface area contributed by atoms with Crippen LogP contribution in [0.25, 0.3) is 0 Å². The van der Waals surface area contributed by atoms with Gasteiger partial charge in [0.2, 0.25) is 0 Å². The van der Waals surface area contributed by atoms with Crippen LogP contribution in [0.5, 0.6) is 11.5 Å². The smallest absolute Gasteiger partial charge is 0.161 e. The standard InChI is InChI=1S/C12H15NO2/c1-12(2,8-13)9-5-6-10(14-3)11(7-9)15-4/h5-7H,1-4H3. The van der Waals surface area contributed by atoms with Gasteiger partial charge < -0.3 is 9.47 Å². The Balaban J connectivity index is 3.21. The van der Waals surface area contributed by atoms with Crippen molar-refractivity contribution in [3.8, 4) is 17.6 Å². The van der Waals surface area contributed by atoms with E-state index in [1.807, 2.05) is 32.0 Å². The Labute approximate surface area is 90.2 Å². The van der Waals surface area contributed by atoms with Crippen molar-refractivity contribution < 1.29 is 9.47 Å². The summed E-state index contributed by atoms with van der Waals surface area (Å²) in [6.07, 6.45) is 0. The molecule has 80 valence electrons. The Morgan fingerprint density at radius 1 is 1.13 bits per heavy atom. The summed E-state index contributed by atoms with van der Waals surface area (Å²) >= 11 is 0. The van der Waals surface area contributed by atoms with Gasteiger partial charge in [-0.3, -0.25) is 0 Å². The SMILES string of the molecule is COc1ccc(C(C)(C)C#N)cc1OC.